The van der Waals surface area contributed by atoms with Gasteiger partial charge in [-0.3, -0.25) is 9.20 Å². The number of aromatic amines is 1. The first-order valence-electron chi connectivity index (χ1n) is 9.13. The van der Waals surface area contributed by atoms with E-state index in [1.54, 1.807) is 7.05 Å². The van der Waals surface area contributed by atoms with Gasteiger partial charge in [-0.2, -0.15) is 0 Å². The number of aromatic nitrogens is 1. The van der Waals surface area contributed by atoms with Crippen LogP contribution < -0.4 is 10.6 Å². The second-order valence-electron chi connectivity index (χ2n) is 6.31. The minimum Gasteiger partial charge on any atom is -0.358 e. The lowest BCUT2D eigenvalue weighted by Gasteiger charge is -2.12. The van der Waals surface area contributed by atoms with Crippen LogP contribution in [0, 0.1) is 6.92 Å². The standard InChI is InChI=1S/C21H26N4OS/c1-16-18(19-10-6-7-11-20(19)25-16)12-13-23-21(22-2)24-14-15-27(26)17-8-4-3-5-9-17/h3-11,25H,12-15H2,1-2H3,(H2,22,23,24). The van der Waals surface area contributed by atoms with Gasteiger partial charge in [0.1, 0.15) is 0 Å². The fourth-order valence-corrected chi connectivity index (χ4v) is 4.12. The van der Waals surface area contributed by atoms with Crippen molar-refractivity contribution in [3.8, 4) is 0 Å². The van der Waals surface area contributed by atoms with Gasteiger partial charge in [-0.25, -0.2) is 0 Å². The average Bonchev–Trinajstić information content (AvgIpc) is 3.02. The second-order valence-corrected chi connectivity index (χ2v) is 7.88. The SMILES string of the molecule is CN=C(NCCc1c(C)[nH]c2ccccc12)NCCS(=O)c1ccccc1. The molecule has 1 atom stereocenters. The maximum absolute atomic E-state index is 12.3. The summed E-state index contributed by atoms with van der Waals surface area (Å²) in [4.78, 5) is 8.54. The Balaban J connectivity index is 1.47. The number of para-hydroxylation sites is 1. The van der Waals surface area contributed by atoms with E-state index in [1.807, 2.05) is 36.4 Å². The summed E-state index contributed by atoms with van der Waals surface area (Å²) < 4.78 is 12.3. The van der Waals surface area contributed by atoms with Crippen LogP contribution in [0.4, 0.5) is 0 Å². The molecule has 0 spiro atoms. The summed E-state index contributed by atoms with van der Waals surface area (Å²) in [6, 6.07) is 17.9. The first-order valence-corrected chi connectivity index (χ1v) is 10.4. The van der Waals surface area contributed by atoms with E-state index in [9.17, 15) is 4.21 Å². The van der Waals surface area contributed by atoms with Crippen LogP contribution in [0.25, 0.3) is 10.9 Å². The maximum Gasteiger partial charge on any atom is 0.191 e. The van der Waals surface area contributed by atoms with Crippen molar-refractivity contribution in [3.63, 3.8) is 0 Å². The van der Waals surface area contributed by atoms with Gasteiger partial charge in [0.2, 0.25) is 0 Å². The van der Waals surface area contributed by atoms with E-state index in [1.165, 1.54) is 22.2 Å². The normalized spacial score (nSPS) is 12.9. The highest BCUT2D eigenvalue weighted by molar-refractivity contribution is 7.85. The Morgan fingerprint density at radius 2 is 1.74 bits per heavy atom. The molecule has 3 aromatic rings. The Hall–Kier alpha value is -2.60. The topological polar surface area (TPSA) is 69.3 Å². The van der Waals surface area contributed by atoms with Gasteiger partial charge < -0.3 is 15.6 Å². The van der Waals surface area contributed by atoms with E-state index >= 15 is 0 Å². The lowest BCUT2D eigenvalue weighted by Crippen LogP contribution is -2.40. The fourth-order valence-electron chi connectivity index (χ4n) is 3.14. The number of fused-ring (bicyclic) bond motifs is 1. The molecule has 0 radical (unpaired) electrons. The number of hydrogen-bond acceptors (Lipinski definition) is 2. The maximum atomic E-state index is 12.3. The summed E-state index contributed by atoms with van der Waals surface area (Å²) in [5.41, 5.74) is 3.72. The highest BCUT2D eigenvalue weighted by atomic mass is 32.2. The Kier molecular flexibility index (Phi) is 6.65. The number of rotatable bonds is 7. The third-order valence-electron chi connectivity index (χ3n) is 4.50. The van der Waals surface area contributed by atoms with Crippen LogP contribution in [0.5, 0.6) is 0 Å². The monoisotopic (exact) mass is 382 g/mol. The van der Waals surface area contributed by atoms with Gasteiger partial charge in [-0.15, -0.1) is 0 Å². The number of aryl methyl sites for hydroxylation is 1. The Morgan fingerprint density at radius 1 is 1.04 bits per heavy atom. The Morgan fingerprint density at radius 3 is 2.52 bits per heavy atom. The molecule has 5 nitrogen and oxygen atoms in total. The number of hydrogen-bond donors (Lipinski definition) is 3. The molecule has 1 unspecified atom stereocenters. The predicted octanol–water partition coefficient (Wildman–Crippen LogP) is 2.99. The van der Waals surface area contributed by atoms with Crippen molar-refractivity contribution >= 4 is 27.7 Å². The zero-order valence-corrected chi connectivity index (χ0v) is 16.6. The van der Waals surface area contributed by atoms with Gasteiger partial charge in [0.25, 0.3) is 0 Å². The predicted molar refractivity (Wildman–Crippen MR) is 114 cm³/mol. The van der Waals surface area contributed by atoms with Crippen molar-refractivity contribution in [2.45, 2.75) is 18.2 Å². The van der Waals surface area contributed by atoms with Gasteiger partial charge in [-0.1, -0.05) is 36.4 Å². The van der Waals surface area contributed by atoms with Crippen molar-refractivity contribution in [3.05, 3.63) is 65.9 Å². The van der Waals surface area contributed by atoms with Crippen molar-refractivity contribution in [2.75, 3.05) is 25.9 Å². The minimum atomic E-state index is -1.00. The molecule has 0 aliphatic rings. The molecule has 0 aliphatic heterocycles. The fraction of sp³-hybridized carbons (Fsp3) is 0.286. The third kappa shape index (κ3) is 4.98. The molecule has 3 rings (SSSR count). The van der Waals surface area contributed by atoms with E-state index in [0.717, 1.165) is 23.8 Å². The molecule has 0 bridgehead atoms. The summed E-state index contributed by atoms with van der Waals surface area (Å²) >= 11 is 0. The molecule has 3 N–H and O–H groups in total. The van der Waals surface area contributed by atoms with Crippen LogP contribution in [0.1, 0.15) is 11.3 Å². The summed E-state index contributed by atoms with van der Waals surface area (Å²) in [5, 5.41) is 7.86. The molecule has 0 saturated heterocycles. The van der Waals surface area contributed by atoms with E-state index in [0.29, 0.717) is 12.3 Å². The number of nitrogens with zero attached hydrogens (tertiary/aromatic N) is 1. The summed E-state index contributed by atoms with van der Waals surface area (Å²) in [5.74, 6) is 1.28. The molecule has 142 valence electrons. The Labute approximate surface area is 162 Å². The van der Waals surface area contributed by atoms with Crippen LogP contribution in [-0.2, 0) is 17.2 Å². The van der Waals surface area contributed by atoms with E-state index in [-0.39, 0.29) is 0 Å². The van der Waals surface area contributed by atoms with Crippen LogP contribution >= 0.6 is 0 Å². The molecule has 0 amide bonds. The lowest BCUT2D eigenvalue weighted by molar-refractivity contribution is 0.681. The molecule has 6 heteroatoms. The molecular formula is C21H26N4OS. The Bertz CT molecular complexity index is 934. The van der Waals surface area contributed by atoms with Crippen molar-refractivity contribution in [1.82, 2.24) is 15.6 Å². The van der Waals surface area contributed by atoms with Gasteiger partial charge in [-0.05, 0) is 37.1 Å². The highest BCUT2D eigenvalue weighted by Crippen LogP contribution is 2.21. The van der Waals surface area contributed by atoms with Gasteiger partial charge >= 0.3 is 0 Å². The number of nitrogens with one attached hydrogen (secondary N) is 3. The molecule has 1 heterocycles. The van der Waals surface area contributed by atoms with Gasteiger partial charge in [0.15, 0.2) is 5.96 Å². The van der Waals surface area contributed by atoms with Crippen LogP contribution in [0.15, 0.2) is 64.5 Å². The minimum absolute atomic E-state index is 0.548. The first-order chi connectivity index (χ1) is 13.2. The number of guanidine groups is 1. The zero-order valence-electron chi connectivity index (χ0n) is 15.8. The van der Waals surface area contributed by atoms with Crippen LogP contribution in [0.3, 0.4) is 0 Å². The molecular weight excluding hydrogens is 356 g/mol. The molecule has 0 aliphatic carbocycles. The lowest BCUT2D eigenvalue weighted by atomic mass is 10.1. The van der Waals surface area contributed by atoms with Gasteiger partial charge in [0.05, 0.1) is 10.8 Å². The zero-order chi connectivity index (χ0) is 19.1. The summed E-state index contributed by atoms with van der Waals surface area (Å²) in [7, 11) is 0.750. The van der Waals surface area contributed by atoms with Crippen molar-refractivity contribution in [2.24, 2.45) is 4.99 Å². The molecule has 27 heavy (non-hydrogen) atoms. The highest BCUT2D eigenvalue weighted by Gasteiger charge is 2.08. The number of H-pyrrole nitrogens is 1. The molecule has 1 aromatic heterocycles. The molecule has 0 saturated carbocycles. The molecule has 0 fully saturated rings. The van der Waals surface area contributed by atoms with E-state index in [2.05, 4.69) is 45.7 Å². The van der Waals surface area contributed by atoms with E-state index < -0.39 is 10.8 Å². The van der Waals surface area contributed by atoms with Crippen molar-refractivity contribution in [1.29, 1.82) is 0 Å². The number of benzene rings is 2. The average molecular weight is 383 g/mol. The third-order valence-corrected chi connectivity index (χ3v) is 5.88. The smallest absolute Gasteiger partial charge is 0.191 e. The first kappa shape index (κ1) is 19.2. The summed E-state index contributed by atoms with van der Waals surface area (Å²) in [6.07, 6.45) is 0.909. The quantitative estimate of drug-likeness (QED) is 0.435. The van der Waals surface area contributed by atoms with Crippen LogP contribution in [0.2, 0.25) is 0 Å². The largest absolute Gasteiger partial charge is 0.358 e. The summed E-state index contributed by atoms with van der Waals surface area (Å²) in [6.45, 7) is 3.50. The van der Waals surface area contributed by atoms with E-state index in [4.69, 9.17) is 0 Å². The molecule has 2 aromatic carbocycles. The number of aliphatic imine (C=N–C) groups is 1. The van der Waals surface area contributed by atoms with Crippen molar-refractivity contribution < 1.29 is 4.21 Å². The van der Waals surface area contributed by atoms with Crippen LogP contribution in [-0.4, -0.2) is 41.0 Å². The van der Waals surface area contributed by atoms with Gasteiger partial charge in [0, 0.05) is 47.4 Å². The second kappa shape index (κ2) is 9.37.